The van der Waals surface area contributed by atoms with E-state index in [1.807, 2.05) is 4.90 Å². The second kappa shape index (κ2) is 5.18. The van der Waals surface area contributed by atoms with Crippen LogP contribution in [0.3, 0.4) is 0 Å². The van der Waals surface area contributed by atoms with Crippen molar-refractivity contribution in [2.24, 2.45) is 11.7 Å². The second-order valence-corrected chi connectivity index (χ2v) is 4.33. The van der Waals surface area contributed by atoms with Gasteiger partial charge >= 0.3 is 0 Å². The number of nitrogens with zero attached hydrogens (tertiary/aromatic N) is 3. The quantitative estimate of drug-likeness (QED) is 0.748. The summed E-state index contributed by atoms with van der Waals surface area (Å²) >= 11 is 0. The number of hydrogen-bond donors (Lipinski definition) is 2. The average molecular weight is 251 g/mol. The first kappa shape index (κ1) is 12.6. The standard InChI is InChI=1S/C11H17N5O2/c1-18-6-9-14-8(12)4-10(15-9)16-3-2-7(5-16)11(13)17/h4,7H,2-3,5-6H2,1H3,(H2,13,17)(H2,12,14,15). The molecule has 7 nitrogen and oxygen atoms in total. The van der Waals surface area contributed by atoms with Gasteiger partial charge in [0.25, 0.3) is 0 Å². The highest BCUT2D eigenvalue weighted by molar-refractivity contribution is 5.78. The topological polar surface area (TPSA) is 107 Å². The third kappa shape index (κ3) is 2.67. The number of anilines is 2. The Balaban J connectivity index is 2.16. The molecule has 1 aliphatic rings. The Kier molecular flexibility index (Phi) is 3.61. The van der Waals surface area contributed by atoms with Gasteiger partial charge in [-0.2, -0.15) is 0 Å². The van der Waals surface area contributed by atoms with Crippen molar-refractivity contribution >= 4 is 17.5 Å². The van der Waals surface area contributed by atoms with Crippen LogP contribution < -0.4 is 16.4 Å². The summed E-state index contributed by atoms with van der Waals surface area (Å²) < 4.78 is 4.99. The molecule has 4 N–H and O–H groups in total. The number of ether oxygens (including phenoxy) is 1. The molecule has 7 heteroatoms. The van der Waals surface area contributed by atoms with Crippen molar-refractivity contribution in [3.63, 3.8) is 0 Å². The minimum atomic E-state index is -0.267. The summed E-state index contributed by atoms with van der Waals surface area (Å²) in [5.41, 5.74) is 11.0. The van der Waals surface area contributed by atoms with Crippen LogP contribution in [0, 0.1) is 5.92 Å². The number of aromatic nitrogens is 2. The van der Waals surface area contributed by atoms with E-state index in [0.717, 1.165) is 18.8 Å². The van der Waals surface area contributed by atoms with Crippen molar-refractivity contribution in [2.75, 3.05) is 30.8 Å². The molecule has 1 aliphatic heterocycles. The van der Waals surface area contributed by atoms with Crippen LogP contribution in [0.25, 0.3) is 0 Å². The van der Waals surface area contributed by atoms with Gasteiger partial charge in [-0.15, -0.1) is 0 Å². The first-order valence-electron chi connectivity index (χ1n) is 5.76. The van der Waals surface area contributed by atoms with E-state index in [4.69, 9.17) is 16.2 Å². The first-order chi connectivity index (χ1) is 8.60. The molecule has 98 valence electrons. The van der Waals surface area contributed by atoms with Gasteiger partial charge in [-0.1, -0.05) is 0 Å². The lowest BCUT2D eigenvalue weighted by Gasteiger charge is -2.17. The predicted molar refractivity (Wildman–Crippen MR) is 66.7 cm³/mol. The zero-order chi connectivity index (χ0) is 13.1. The molecule has 1 aromatic heterocycles. The molecule has 2 heterocycles. The van der Waals surface area contributed by atoms with Gasteiger partial charge in [0.2, 0.25) is 5.91 Å². The molecule has 0 spiro atoms. The molecule has 18 heavy (non-hydrogen) atoms. The molecular formula is C11H17N5O2. The first-order valence-corrected chi connectivity index (χ1v) is 5.76. The molecular weight excluding hydrogens is 234 g/mol. The predicted octanol–water partition coefficient (Wildman–Crippen LogP) is -0.483. The van der Waals surface area contributed by atoms with Crippen molar-refractivity contribution < 1.29 is 9.53 Å². The fraction of sp³-hybridized carbons (Fsp3) is 0.545. The maximum Gasteiger partial charge on any atom is 0.222 e. The Morgan fingerprint density at radius 3 is 3.00 bits per heavy atom. The maximum atomic E-state index is 11.1. The second-order valence-electron chi connectivity index (χ2n) is 4.33. The monoisotopic (exact) mass is 251 g/mol. The Morgan fingerprint density at radius 1 is 1.61 bits per heavy atom. The molecule has 0 aliphatic carbocycles. The lowest BCUT2D eigenvalue weighted by atomic mass is 10.1. The van der Waals surface area contributed by atoms with Gasteiger partial charge in [0.15, 0.2) is 5.82 Å². The highest BCUT2D eigenvalue weighted by Gasteiger charge is 2.27. The van der Waals surface area contributed by atoms with E-state index >= 15 is 0 Å². The van der Waals surface area contributed by atoms with Crippen LogP contribution in [-0.4, -0.2) is 36.1 Å². The van der Waals surface area contributed by atoms with Gasteiger partial charge in [0.05, 0.1) is 5.92 Å². The van der Waals surface area contributed by atoms with Crippen LogP contribution >= 0.6 is 0 Å². The van der Waals surface area contributed by atoms with E-state index in [-0.39, 0.29) is 11.8 Å². The van der Waals surface area contributed by atoms with E-state index in [9.17, 15) is 4.79 Å². The van der Waals surface area contributed by atoms with Gasteiger partial charge in [0, 0.05) is 26.3 Å². The van der Waals surface area contributed by atoms with Gasteiger partial charge in [0.1, 0.15) is 18.2 Å². The minimum Gasteiger partial charge on any atom is -0.384 e. The summed E-state index contributed by atoms with van der Waals surface area (Å²) in [5.74, 6) is 1.27. The fourth-order valence-corrected chi connectivity index (χ4v) is 2.06. The number of amides is 1. The van der Waals surface area contributed by atoms with Crippen LogP contribution in [0.4, 0.5) is 11.6 Å². The maximum absolute atomic E-state index is 11.1. The van der Waals surface area contributed by atoms with Crippen molar-refractivity contribution in [2.45, 2.75) is 13.0 Å². The zero-order valence-electron chi connectivity index (χ0n) is 10.3. The molecule has 1 atom stereocenters. The van der Waals surface area contributed by atoms with Crippen molar-refractivity contribution in [3.8, 4) is 0 Å². The van der Waals surface area contributed by atoms with Gasteiger partial charge in [-0.3, -0.25) is 4.79 Å². The summed E-state index contributed by atoms with van der Waals surface area (Å²) in [5, 5.41) is 0. The summed E-state index contributed by atoms with van der Waals surface area (Å²) in [6.45, 7) is 1.64. The lowest BCUT2D eigenvalue weighted by molar-refractivity contribution is -0.121. The third-order valence-corrected chi connectivity index (χ3v) is 2.97. The summed E-state index contributed by atoms with van der Waals surface area (Å²) in [4.78, 5) is 21.6. The number of nitrogens with two attached hydrogens (primary N) is 2. The van der Waals surface area contributed by atoms with Crippen LogP contribution in [0.15, 0.2) is 6.07 Å². The highest BCUT2D eigenvalue weighted by Crippen LogP contribution is 2.23. The molecule has 1 fully saturated rings. The van der Waals surface area contributed by atoms with Crippen LogP contribution in [0.2, 0.25) is 0 Å². The number of hydrogen-bond acceptors (Lipinski definition) is 6. The van der Waals surface area contributed by atoms with E-state index < -0.39 is 0 Å². The smallest absolute Gasteiger partial charge is 0.222 e. The van der Waals surface area contributed by atoms with Crippen LogP contribution in [0.5, 0.6) is 0 Å². The van der Waals surface area contributed by atoms with E-state index in [1.54, 1.807) is 13.2 Å². The average Bonchev–Trinajstić information content (AvgIpc) is 2.78. The largest absolute Gasteiger partial charge is 0.384 e. The van der Waals surface area contributed by atoms with Gasteiger partial charge in [-0.05, 0) is 6.42 Å². The number of rotatable bonds is 4. The van der Waals surface area contributed by atoms with Crippen molar-refractivity contribution in [3.05, 3.63) is 11.9 Å². The van der Waals surface area contributed by atoms with Gasteiger partial charge in [-0.25, -0.2) is 9.97 Å². The minimum absolute atomic E-state index is 0.118. The normalized spacial score (nSPS) is 19.2. The molecule has 1 amide bonds. The molecule has 0 bridgehead atoms. The molecule has 0 aromatic carbocycles. The van der Waals surface area contributed by atoms with Crippen molar-refractivity contribution in [1.29, 1.82) is 0 Å². The zero-order valence-corrected chi connectivity index (χ0v) is 10.3. The highest BCUT2D eigenvalue weighted by atomic mass is 16.5. The number of carbonyl (C=O) groups is 1. The Labute approximate surface area is 105 Å². The third-order valence-electron chi connectivity index (χ3n) is 2.97. The Morgan fingerprint density at radius 2 is 2.39 bits per heavy atom. The Hall–Kier alpha value is -1.89. The van der Waals surface area contributed by atoms with Crippen LogP contribution in [-0.2, 0) is 16.1 Å². The summed E-state index contributed by atoms with van der Waals surface area (Å²) in [7, 11) is 1.57. The number of nitrogen functional groups attached to an aromatic ring is 1. The summed E-state index contributed by atoms with van der Waals surface area (Å²) in [6.07, 6.45) is 0.749. The Bertz CT molecular complexity index is 451. The molecule has 2 rings (SSSR count). The molecule has 1 unspecified atom stereocenters. The molecule has 0 saturated carbocycles. The lowest BCUT2D eigenvalue weighted by Crippen LogP contribution is -2.28. The number of primary amides is 1. The number of carbonyl (C=O) groups excluding carboxylic acids is 1. The fourth-order valence-electron chi connectivity index (χ4n) is 2.06. The summed E-state index contributed by atoms with van der Waals surface area (Å²) in [6, 6.07) is 1.70. The molecule has 1 aromatic rings. The van der Waals surface area contributed by atoms with E-state index in [0.29, 0.717) is 24.8 Å². The molecule has 1 saturated heterocycles. The SMILES string of the molecule is COCc1nc(N)cc(N2CCC(C(N)=O)C2)n1. The van der Waals surface area contributed by atoms with Gasteiger partial charge < -0.3 is 21.1 Å². The van der Waals surface area contributed by atoms with E-state index in [1.165, 1.54) is 0 Å². The van der Waals surface area contributed by atoms with Crippen molar-refractivity contribution in [1.82, 2.24) is 9.97 Å². The number of methoxy groups -OCH3 is 1. The molecule has 0 radical (unpaired) electrons. The van der Waals surface area contributed by atoms with Crippen LogP contribution in [0.1, 0.15) is 12.2 Å². The van der Waals surface area contributed by atoms with E-state index in [2.05, 4.69) is 9.97 Å².